The Bertz CT molecular complexity index is 659. The Morgan fingerprint density at radius 1 is 1.17 bits per heavy atom. The molecule has 23 heavy (non-hydrogen) atoms. The molecule has 6 heteroatoms. The molecular weight excluding hydrogens is 333 g/mol. The minimum atomic E-state index is -0.279. The van der Waals surface area contributed by atoms with Crippen molar-refractivity contribution in [2.45, 2.75) is 26.2 Å². The number of hydrogen-bond donors (Lipinski definition) is 2. The molecule has 0 aliphatic carbocycles. The number of rotatable bonds is 7. The third-order valence-corrected chi connectivity index (χ3v) is 4.13. The fraction of sp³-hybridized carbons (Fsp3) is 0.294. The molecule has 4 nitrogen and oxygen atoms in total. The lowest BCUT2D eigenvalue weighted by molar-refractivity contribution is 0.102. The van der Waals surface area contributed by atoms with Gasteiger partial charge >= 0.3 is 0 Å². The van der Waals surface area contributed by atoms with Crippen molar-refractivity contribution in [1.82, 2.24) is 4.98 Å². The van der Waals surface area contributed by atoms with Gasteiger partial charge < -0.3 is 10.6 Å². The highest BCUT2D eigenvalue weighted by Gasteiger charge is 2.10. The summed E-state index contributed by atoms with van der Waals surface area (Å²) >= 11 is 12.0. The Kier molecular flexibility index (Phi) is 6.68. The molecule has 1 aromatic heterocycles. The van der Waals surface area contributed by atoms with Gasteiger partial charge in [0.1, 0.15) is 5.82 Å². The number of anilines is 2. The van der Waals surface area contributed by atoms with Crippen LogP contribution in [0, 0.1) is 0 Å². The lowest BCUT2D eigenvalue weighted by Crippen LogP contribution is -2.13. The molecule has 2 N–H and O–H groups in total. The van der Waals surface area contributed by atoms with Crippen molar-refractivity contribution in [1.29, 1.82) is 0 Å². The van der Waals surface area contributed by atoms with E-state index in [1.165, 1.54) is 19.0 Å². The second-order valence-electron chi connectivity index (χ2n) is 5.12. The van der Waals surface area contributed by atoms with E-state index in [-0.39, 0.29) is 5.91 Å². The van der Waals surface area contributed by atoms with Crippen molar-refractivity contribution in [3.05, 3.63) is 52.1 Å². The molecule has 1 amide bonds. The molecule has 122 valence electrons. The number of amides is 1. The zero-order valence-corrected chi connectivity index (χ0v) is 14.4. The van der Waals surface area contributed by atoms with Crippen molar-refractivity contribution in [2.75, 3.05) is 17.2 Å². The fourth-order valence-corrected chi connectivity index (χ4v) is 2.37. The van der Waals surface area contributed by atoms with Crippen LogP contribution in [0.25, 0.3) is 0 Å². The molecule has 0 saturated heterocycles. The maximum atomic E-state index is 12.2. The van der Waals surface area contributed by atoms with Gasteiger partial charge in [-0.05, 0) is 30.7 Å². The average Bonchev–Trinajstić information content (AvgIpc) is 2.56. The highest BCUT2D eigenvalue weighted by molar-refractivity contribution is 6.44. The minimum absolute atomic E-state index is 0.279. The van der Waals surface area contributed by atoms with E-state index in [0.717, 1.165) is 18.8 Å². The van der Waals surface area contributed by atoms with Crippen molar-refractivity contribution in [2.24, 2.45) is 0 Å². The van der Waals surface area contributed by atoms with Crippen LogP contribution >= 0.6 is 23.2 Å². The number of halogens is 2. The molecule has 0 spiro atoms. The molecule has 0 saturated carbocycles. The maximum absolute atomic E-state index is 12.2. The largest absolute Gasteiger partial charge is 0.370 e. The zero-order valence-electron chi connectivity index (χ0n) is 12.9. The van der Waals surface area contributed by atoms with Gasteiger partial charge in [0.25, 0.3) is 5.91 Å². The van der Waals surface area contributed by atoms with E-state index in [4.69, 9.17) is 23.2 Å². The molecule has 2 rings (SSSR count). The summed E-state index contributed by atoms with van der Waals surface area (Å²) in [5.41, 5.74) is 0.936. The number of carbonyl (C=O) groups excluding carboxylic acids is 1. The smallest absolute Gasteiger partial charge is 0.257 e. The average molecular weight is 352 g/mol. The zero-order chi connectivity index (χ0) is 16.7. The number of aromatic nitrogens is 1. The van der Waals surface area contributed by atoms with E-state index in [1.54, 1.807) is 30.3 Å². The number of nitrogens with zero attached hydrogens (tertiary/aromatic N) is 1. The Hall–Kier alpha value is -1.78. The van der Waals surface area contributed by atoms with Gasteiger partial charge in [0.05, 0.1) is 21.3 Å². The van der Waals surface area contributed by atoms with Gasteiger partial charge in [0.2, 0.25) is 0 Å². The van der Waals surface area contributed by atoms with Gasteiger partial charge in [0, 0.05) is 12.7 Å². The van der Waals surface area contributed by atoms with Gasteiger partial charge in [-0.3, -0.25) is 4.79 Å². The highest BCUT2D eigenvalue weighted by atomic mass is 35.5. The number of unbranched alkanes of at least 4 members (excludes halogenated alkanes) is 2. The van der Waals surface area contributed by atoms with Crippen molar-refractivity contribution in [3.63, 3.8) is 0 Å². The molecule has 0 fully saturated rings. The molecule has 1 heterocycles. The van der Waals surface area contributed by atoms with Crippen LogP contribution < -0.4 is 10.6 Å². The predicted octanol–water partition coefficient (Wildman–Crippen LogP) is 5.24. The molecular formula is C17H19Cl2N3O. The van der Waals surface area contributed by atoms with E-state index in [2.05, 4.69) is 22.5 Å². The molecule has 2 aromatic rings. The van der Waals surface area contributed by atoms with Crippen LogP contribution in [0.5, 0.6) is 0 Å². The summed E-state index contributed by atoms with van der Waals surface area (Å²) in [5, 5.41) is 6.68. The monoisotopic (exact) mass is 351 g/mol. The second-order valence-corrected chi connectivity index (χ2v) is 5.91. The van der Waals surface area contributed by atoms with Gasteiger partial charge in [-0.1, -0.05) is 49.0 Å². The second kappa shape index (κ2) is 8.75. The first-order valence-electron chi connectivity index (χ1n) is 7.57. The first kappa shape index (κ1) is 17.6. The number of nitrogens with one attached hydrogen (secondary N) is 2. The van der Waals surface area contributed by atoms with Crippen LogP contribution in [0.2, 0.25) is 10.0 Å². The molecule has 0 aliphatic rings. The third kappa shape index (κ3) is 5.12. The lowest BCUT2D eigenvalue weighted by atomic mass is 10.2. The Morgan fingerprint density at radius 3 is 2.70 bits per heavy atom. The van der Waals surface area contributed by atoms with Gasteiger partial charge in [-0.25, -0.2) is 4.98 Å². The van der Waals surface area contributed by atoms with Crippen LogP contribution in [0.15, 0.2) is 36.5 Å². The Balaban J connectivity index is 1.96. The summed E-state index contributed by atoms with van der Waals surface area (Å²) < 4.78 is 0. The summed E-state index contributed by atoms with van der Waals surface area (Å²) in [5.74, 6) is 0.484. The van der Waals surface area contributed by atoms with Crippen molar-refractivity contribution >= 4 is 40.6 Å². The Labute approximate surface area is 146 Å². The number of benzene rings is 1. The summed E-state index contributed by atoms with van der Waals surface area (Å²) in [6, 6.07) is 8.61. The topological polar surface area (TPSA) is 54.0 Å². The third-order valence-electron chi connectivity index (χ3n) is 3.31. The Morgan fingerprint density at radius 2 is 2.00 bits per heavy atom. The van der Waals surface area contributed by atoms with Crippen molar-refractivity contribution < 1.29 is 4.79 Å². The first-order valence-corrected chi connectivity index (χ1v) is 8.32. The predicted molar refractivity (Wildman–Crippen MR) is 96.7 cm³/mol. The molecule has 0 atom stereocenters. The van der Waals surface area contributed by atoms with E-state index < -0.39 is 0 Å². The van der Waals surface area contributed by atoms with E-state index >= 15 is 0 Å². The maximum Gasteiger partial charge on any atom is 0.257 e. The van der Waals surface area contributed by atoms with Crippen molar-refractivity contribution in [3.8, 4) is 0 Å². The van der Waals surface area contributed by atoms with E-state index in [1.807, 2.05) is 0 Å². The molecule has 0 bridgehead atoms. The lowest BCUT2D eigenvalue weighted by Gasteiger charge is -2.09. The quantitative estimate of drug-likeness (QED) is 0.670. The van der Waals surface area contributed by atoms with Crippen LogP contribution in [0.4, 0.5) is 11.5 Å². The standard InChI is InChI=1S/C17H19Cl2N3O/c1-2-3-4-10-20-15-9-8-12(11-21-15)17(23)22-14-7-5-6-13(18)16(14)19/h5-9,11H,2-4,10H2,1H3,(H,20,21)(H,22,23). The highest BCUT2D eigenvalue weighted by Crippen LogP contribution is 2.29. The van der Waals surface area contributed by atoms with Crippen LogP contribution in [0.1, 0.15) is 36.5 Å². The van der Waals surface area contributed by atoms with E-state index in [9.17, 15) is 4.79 Å². The molecule has 1 aromatic carbocycles. The normalized spacial score (nSPS) is 10.4. The summed E-state index contributed by atoms with van der Waals surface area (Å²) in [6.07, 6.45) is 5.01. The van der Waals surface area contributed by atoms with E-state index in [0.29, 0.717) is 21.3 Å². The van der Waals surface area contributed by atoms with Gasteiger partial charge in [-0.15, -0.1) is 0 Å². The summed E-state index contributed by atoms with van der Waals surface area (Å²) in [6.45, 7) is 3.04. The van der Waals surface area contributed by atoms with Crippen LogP contribution in [0.3, 0.4) is 0 Å². The first-order chi connectivity index (χ1) is 11.1. The molecule has 0 radical (unpaired) electrons. The summed E-state index contributed by atoms with van der Waals surface area (Å²) in [7, 11) is 0. The van der Waals surface area contributed by atoms with Gasteiger partial charge in [-0.2, -0.15) is 0 Å². The fourth-order valence-electron chi connectivity index (χ4n) is 2.02. The van der Waals surface area contributed by atoms with Crippen LogP contribution in [-0.2, 0) is 0 Å². The number of hydrogen-bond acceptors (Lipinski definition) is 3. The SMILES string of the molecule is CCCCCNc1ccc(C(=O)Nc2cccc(Cl)c2Cl)cn1. The number of carbonyl (C=O) groups is 1. The summed E-state index contributed by atoms with van der Waals surface area (Å²) in [4.78, 5) is 16.5. The molecule has 0 aliphatic heterocycles. The minimum Gasteiger partial charge on any atom is -0.370 e. The number of pyridine rings is 1. The van der Waals surface area contributed by atoms with Gasteiger partial charge in [0.15, 0.2) is 0 Å². The van der Waals surface area contributed by atoms with Crippen LogP contribution in [-0.4, -0.2) is 17.4 Å². The molecule has 0 unspecified atom stereocenters.